The van der Waals surface area contributed by atoms with Crippen LogP contribution in [0.2, 0.25) is 0 Å². The van der Waals surface area contributed by atoms with Gasteiger partial charge < -0.3 is 15.0 Å². The van der Waals surface area contributed by atoms with Gasteiger partial charge in [0.15, 0.2) is 6.61 Å². The van der Waals surface area contributed by atoms with Gasteiger partial charge in [-0.2, -0.15) is 0 Å². The minimum Gasteiger partial charge on any atom is -0.484 e. The highest BCUT2D eigenvalue weighted by Crippen LogP contribution is 2.17. The van der Waals surface area contributed by atoms with Crippen molar-refractivity contribution in [3.8, 4) is 5.75 Å². The average Bonchev–Trinajstić information content (AvgIpc) is 2.70. The van der Waals surface area contributed by atoms with E-state index in [4.69, 9.17) is 4.74 Å². The predicted octanol–water partition coefficient (Wildman–Crippen LogP) is 4.02. The highest BCUT2D eigenvalue weighted by molar-refractivity contribution is 5.88. The molecule has 0 saturated carbocycles. The number of hydrogen-bond acceptors (Lipinski definition) is 3. The second-order valence-electron chi connectivity index (χ2n) is 7.33. The van der Waals surface area contributed by atoms with Crippen LogP contribution in [0.15, 0.2) is 48.5 Å². The van der Waals surface area contributed by atoms with Gasteiger partial charge in [0.25, 0.3) is 5.91 Å². The van der Waals surface area contributed by atoms with Crippen LogP contribution >= 0.6 is 0 Å². The van der Waals surface area contributed by atoms with Gasteiger partial charge in [-0.05, 0) is 55.5 Å². The van der Waals surface area contributed by atoms with E-state index in [1.165, 1.54) is 0 Å². The zero-order valence-electron chi connectivity index (χ0n) is 17.9. The van der Waals surface area contributed by atoms with Gasteiger partial charge in [0, 0.05) is 13.1 Å². The van der Waals surface area contributed by atoms with Crippen LogP contribution in [0.3, 0.4) is 0 Å². The minimum absolute atomic E-state index is 0.104. The topological polar surface area (TPSA) is 58.6 Å². The van der Waals surface area contributed by atoms with Crippen LogP contribution in [0.25, 0.3) is 0 Å². The molecule has 2 aromatic rings. The van der Waals surface area contributed by atoms with E-state index in [9.17, 15) is 9.59 Å². The van der Waals surface area contributed by atoms with Crippen molar-refractivity contribution in [2.45, 2.75) is 53.1 Å². The van der Waals surface area contributed by atoms with Crippen LogP contribution in [0.4, 0.5) is 0 Å². The van der Waals surface area contributed by atoms with Crippen LogP contribution in [0, 0.1) is 13.8 Å². The quantitative estimate of drug-likeness (QED) is 0.660. The molecule has 0 aliphatic rings. The second-order valence-corrected chi connectivity index (χ2v) is 7.33. The Labute approximate surface area is 174 Å². The lowest BCUT2D eigenvalue weighted by Crippen LogP contribution is -2.50. The van der Waals surface area contributed by atoms with Gasteiger partial charge in [-0.15, -0.1) is 0 Å². The molecular formula is C24H32N2O3. The molecule has 1 unspecified atom stereocenters. The Hall–Kier alpha value is -2.82. The molecule has 2 amide bonds. The molecule has 0 heterocycles. The SMILES string of the molecule is CCCNC(=O)C(CC)N(Cc1ccccc1)C(=O)COc1cc(C)cc(C)c1. The number of nitrogens with zero attached hydrogens (tertiary/aromatic N) is 1. The molecule has 0 bridgehead atoms. The number of nitrogens with one attached hydrogen (secondary N) is 1. The lowest BCUT2D eigenvalue weighted by atomic mass is 10.1. The third kappa shape index (κ3) is 6.93. The van der Waals surface area contributed by atoms with E-state index in [2.05, 4.69) is 11.4 Å². The van der Waals surface area contributed by atoms with Gasteiger partial charge in [0.1, 0.15) is 11.8 Å². The molecule has 0 spiro atoms. The number of benzene rings is 2. The number of ether oxygens (including phenoxy) is 1. The van der Waals surface area contributed by atoms with Crippen LogP contribution < -0.4 is 10.1 Å². The summed E-state index contributed by atoms with van der Waals surface area (Å²) in [5.74, 6) is 0.343. The lowest BCUT2D eigenvalue weighted by Gasteiger charge is -2.30. The van der Waals surface area contributed by atoms with Gasteiger partial charge in [0.05, 0.1) is 0 Å². The van der Waals surface area contributed by atoms with Crippen molar-refractivity contribution in [3.63, 3.8) is 0 Å². The summed E-state index contributed by atoms with van der Waals surface area (Å²) in [4.78, 5) is 27.4. The molecule has 29 heavy (non-hydrogen) atoms. The van der Waals surface area contributed by atoms with Crippen molar-refractivity contribution >= 4 is 11.8 Å². The van der Waals surface area contributed by atoms with Crippen molar-refractivity contribution in [3.05, 3.63) is 65.2 Å². The van der Waals surface area contributed by atoms with Gasteiger partial charge >= 0.3 is 0 Å². The number of carbonyl (C=O) groups excluding carboxylic acids is 2. The molecule has 5 nitrogen and oxygen atoms in total. The van der Waals surface area contributed by atoms with Gasteiger partial charge in [-0.3, -0.25) is 9.59 Å². The molecule has 0 aliphatic carbocycles. The fraction of sp³-hybridized carbons (Fsp3) is 0.417. The maximum absolute atomic E-state index is 13.1. The van der Waals surface area contributed by atoms with Gasteiger partial charge in [-0.25, -0.2) is 0 Å². The first-order valence-corrected chi connectivity index (χ1v) is 10.3. The highest BCUT2D eigenvalue weighted by Gasteiger charge is 2.28. The Balaban J connectivity index is 2.17. The molecule has 2 rings (SSSR count). The van der Waals surface area contributed by atoms with Gasteiger partial charge in [-0.1, -0.05) is 50.2 Å². The third-order valence-electron chi connectivity index (χ3n) is 4.69. The van der Waals surface area contributed by atoms with Crippen molar-refractivity contribution < 1.29 is 14.3 Å². The molecular weight excluding hydrogens is 364 g/mol. The fourth-order valence-corrected chi connectivity index (χ4v) is 3.31. The Morgan fingerprint density at radius 3 is 2.28 bits per heavy atom. The van der Waals surface area contributed by atoms with E-state index < -0.39 is 6.04 Å². The first-order valence-electron chi connectivity index (χ1n) is 10.3. The number of amides is 2. The summed E-state index contributed by atoms with van der Waals surface area (Å²) >= 11 is 0. The van der Waals surface area contributed by atoms with Crippen LogP contribution in [0.1, 0.15) is 43.4 Å². The Bertz CT molecular complexity index is 785. The number of aryl methyl sites for hydroxylation is 2. The maximum atomic E-state index is 13.1. The molecule has 2 aromatic carbocycles. The maximum Gasteiger partial charge on any atom is 0.261 e. The average molecular weight is 397 g/mol. The molecule has 0 aromatic heterocycles. The first kappa shape index (κ1) is 22.5. The van der Waals surface area contributed by atoms with Crippen LogP contribution in [0.5, 0.6) is 5.75 Å². The van der Waals surface area contributed by atoms with Crippen molar-refractivity contribution in [2.24, 2.45) is 0 Å². The zero-order chi connectivity index (χ0) is 21.2. The summed E-state index contributed by atoms with van der Waals surface area (Å²) in [5, 5.41) is 2.92. The summed E-state index contributed by atoms with van der Waals surface area (Å²) in [6.07, 6.45) is 1.39. The summed E-state index contributed by atoms with van der Waals surface area (Å²) in [7, 11) is 0. The molecule has 0 saturated heterocycles. The van der Waals surface area contributed by atoms with E-state index in [0.717, 1.165) is 23.1 Å². The zero-order valence-corrected chi connectivity index (χ0v) is 17.9. The normalized spacial score (nSPS) is 11.6. The summed E-state index contributed by atoms with van der Waals surface area (Å²) < 4.78 is 5.78. The van der Waals surface area contributed by atoms with Crippen molar-refractivity contribution in [1.29, 1.82) is 0 Å². The lowest BCUT2D eigenvalue weighted by molar-refractivity contribution is -0.143. The summed E-state index contributed by atoms with van der Waals surface area (Å²) in [5.41, 5.74) is 3.15. The molecule has 156 valence electrons. The number of rotatable bonds is 10. The van der Waals surface area contributed by atoms with E-state index >= 15 is 0 Å². The number of hydrogen-bond donors (Lipinski definition) is 1. The van der Waals surface area contributed by atoms with E-state index in [-0.39, 0.29) is 18.4 Å². The molecule has 0 aliphatic heterocycles. The first-order chi connectivity index (χ1) is 13.9. The molecule has 1 atom stereocenters. The van der Waals surface area contributed by atoms with E-state index in [1.807, 2.05) is 70.2 Å². The smallest absolute Gasteiger partial charge is 0.261 e. The summed E-state index contributed by atoms with van der Waals surface area (Å²) in [6, 6.07) is 15.1. The molecule has 0 radical (unpaired) electrons. The minimum atomic E-state index is -0.530. The molecule has 5 heteroatoms. The summed E-state index contributed by atoms with van der Waals surface area (Å²) in [6.45, 7) is 8.78. The van der Waals surface area contributed by atoms with Crippen LogP contribution in [-0.4, -0.2) is 35.9 Å². The Morgan fingerprint density at radius 2 is 1.69 bits per heavy atom. The third-order valence-corrected chi connectivity index (χ3v) is 4.69. The molecule has 1 N–H and O–H groups in total. The van der Waals surface area contributed by atoms with Crippen molar-refractivity contribution in [2.75, 3.05) is 13.2 Å². The highest BCUT2D eigenvalue weighted by atomic mass is 16.5. The second kappa shape index (κ2) is 11.2. The fourth-order valence-electron chi connectivity index (χ4n) is 3.31. The number of carbonyl (C=O) groups is 2. The Morgan fingerprint density at radius 1 is 1.03 bits per heavy atom. The largest absolute Gasteiger partial charge is 0.484 e. The van der Waals surface area contributed by atoms with E-state index in [1.54, 1.807) is 4.90 Å². The molecule has 0 fully saturated rings. The van der Waals surface area contributed by atoms with E-state index in [0.29, 0.717) is 25.3 Å². The predicted molar refractivity (Wildman–Crippen MR) is 116 cm³/mol. The van der Waals surface area contributed by atoms with Crippen molar-refractivity contribution in [1.82, 2.24) is 10.2 Å². The Kier molecular flexibility index (Phi) is 8.71. The monoisotopic (exact) mass is 396 g/mol. The van der Waals surface area contributed by atoms with Crippen LogP contribution in [-0.2, 0) is 16.1 Å². The van der Waals surface area contributed by atoms with Gasteiger partial charge in [0.2, 0.25) is 5.91 Å². The standard InChI is InChI=1S/C24H32N2O3/c1-5-12-25-24(28)22(6-2)26(16-20-10-8-7-9-11-20)23(27)17-29-21-14-18(3)13-19(4)15-21/h7-11,13-15,22H,5-6,12,16-17H2,1-4H3,(H,25,28).